The summed E-state index contributed by atoms with van der Waals surface area (Å²) in [7, 11) is 1.44. The second-order valence-corrected chi connectivity index (χ2v) is 7.26. The van der Waals surface area contributed by atoms with Crippen LogP contribution in [0.1, 0.15) is 16.7 Å². The summed E-state index contributed by atoms with van der Waals surface area (Å²) in [6.45, 7) is 3.97. The molecule has 0 radical (unpaired) electrons. The number of thioether (sulfide) groups is 1. The number of benzene rings is 2. The van der Waals surface area contributed by atoms with E-state index >= 15 is 0 Å². The number of aliphatic imine (C=N–C) groups is 1. The number of halogens is 1. The highest BCUT2D eigenvalue weighted by Gasteiger charge is 2.24. The lowest BCUT2D eigenvalue weighted by Crippen LogP contribution is -2.19. The number of phenolic OH excluding ortho intramolecular Hbond substituents is 1. The van der Waals surface area contributed by atoms with Gasteiger partial charge in [-0.2, -0.15) is 0 Å². The van der Waals surface area contributed by atoms with E-state index in [4.69, 9.17) is 16.3 Å². The van der Waals surface area contributed by atoms with Gasteiger partial charge in [0.2, 0.25) is 0 Å². The molecule has 2 aromatic rings. The van der Waals surface area contributed by atoms with Crippen LogP contribution in [0.15, 0.2) is 40.2 Å². The normalized spacial score (nSPS) is 17.0. The van der Waals surface area contributed by atoms with E-state index in [0.29, 0.717) is 15.6 Å². The molecule has 1 aliphatic rings. The van der Waals surface area contributed by atoms with Crippen LogP contribution in [0.5, 0.6) is 11.5 Å². The number of carbonyl (C=O) groups excluding carboxylic acids is 1. The summed E-state index contributed by atoms with van der Waals surface area (Å²) < 4.78 is 5.09. The number of hydrogen-bond donors (Lipinski definition) is 2. The minimum absolute atomic E-state index is 0.128. The Morgan fingerprint density at radius 3 is 2.77 bits per heavy atom. The average molecular weight is 389 g/mol. The van der Waals surface area contributed by atoms with E-state index in [0.717, 1.165) is 16.8 Å². The van der Waals surface area contributed by atoms with Crippen molar-refractivity contribution in [2.75, 3.05) is 7.11 Å². The van der Waals surface area contributed by atoms with Crippen molar-refractivity contribution in [3.63, 3.8) is 0 Å². The van der Waals surface area contributed by atoms with Crippen molar-refractivity contribution in [2.24, 2.45) is 4.99 Å². The molecular formula is C19H17ClN2O3S. The number of hydrogen-bond acceptors (Lipinski definition) is 5. The van der Waals surface area contributed by atoms with Crippen LogP contribution in [-0.4, -0.2) is 23.3 Å². The summed E-state index contributed by atoms with van der Waals surface area (Å²) in [5.41, 5.74) is 3.61. The van der Waals surface area contributed by atoms with Crippen LogP contribution in [0.25, 0.3) is 6.08 Å². The molecule has 0 bridgehead atoms. The number of nitrogens with one attached hydrogen (secondary N) is 1. The molecule has 0 atom stereocenters. The molecule has 7 heteroatoms. The molecule has 5 nitrogen and oxygen atoms in total. The average Bonchev–Trinajstić information content (AvgIpc) is 2.93. The Balaban J connectivity index is 1.91. The number of aromatic hydroxyl groups is 1. The fraction of sp³-hybridized carbons (Fsp3) is 0.158. The molecule has 1 fully saturated rings. The summed E-state index contributed by atoms with van der Waals surface area (Å²) in [5.74, 6) is -0.115. The topological polar surface area (TPSA) is 70.9 Å². The zero-order valence-electron chi connectivity index (χ0n) is 14.5. The number of amidine groups is 1. The summed E-state index contributed by atoms with van der Waals surface area (Å²) in [5, 5.41) is 13.3. The van der Waals surface area contributed by atoms with Crippen molar-refractivity contribution in [3.8, 4) is 11.5 Å². The second kappa shape index (κ2) is 7.43. The first-order valence-corrected chi connectivity index (χ1v) is 9.00. The fourth-order valence-corrected chi connectivity index (χ4v) is 3.47. The Kier molecular flexibility index (Phi) is 5.25. The zero-order valence-corrected chi connectivity index (χ0v) is 16.0. The summed E-state index contributed by atoms with van der Waals surface area (Å²) >= 11 is 7.25. The monoisotopic (exact) mass is 388 g/mol. The third kappa shape index (κ3) is 3.86. The van der Waals surface area contributed by atoms with Crippen molar-refractivity contribution in [1.29, 1.82) is 0 Å². The maximum Gasteiger partial charge on any atom is 0.264 e. The molecule has 1 saturated heterocycles. The van der Waals surface area contributed by atoms with Crippen LogP contribution < -0.4 is 10.1 Å². The highest BCUT2D eigenvalue weighted by molar-refractivity contribution is 8.18. The van der Waals surface area contributed by atoms with Gasteiger partial charge in [0.1, 0.15) is 0 Å². The van der Waals surface area contributed by atoms with Gasteiger partial charge >= 0.3 is 0 Å². The van der Waals surface area contributed by atoms with Gasteiger partial charge < -0.3 is 15.2 Å². The van der Waals surface area contributed by atoms with E-state index in [9.17, 15) is 9.90 Å². The third-order valence-corrected chi connectivity index (χ3v) is 5.00. The predicted octanol–water partition coefficient (Wildman–Crippen LogP) is 4.56. The lowest BCUT2D eigenvalue weighted by atomic mass is 10.1. The van der Waals surface area contributed by atoms with Crippen LogP contribution in [0.2, 0.25) is 5.02 Å². The van der Waals surface area contributed by atoms with Gasteiger partial charge in [-0.1, -0.05) is 23.7 Å². The van der Waals surface area contributed by atoms with Gasteiger partial charge in [0.25, 0.3) is 5.91 Å². The molecule has 0 spiro atoms. The lowest BCUT2D eigenvalue weighted by Gasteiger charge is -2.06. The van der Waals surface area contributed by atoms with E-state index in [1.54, 1.807) is 18.2 Å². The van der Waals surface area contributed by atoms with E-state index in [1.807, 2.05) is 32.0 Å². The van der Waals surface area contributed by atoms with Gasteiger partial charge in [-0.3, -0.25) is 4.79 Å². The minimum atomic E-state index is -0.234. The first-order valence-electron chi connectivity index (χ1n) is 7.80. The number of carbonyl (C=O) groups is 1. The highest BCUT2D eigenvalue weighted by atomic mass is 35.5. The summed E-state index contributed by atoms with van der Waals surface area (Å²) in [6, 6.07) is 9.17. The Labute approximate surface area is 160 Å². The van der Waals surface area contributed by atoms with Gasteiger partial charge in [0, 0.05) is 0 Å². The maximum absolute atomic E-state index is 12.2. The van der Waals surface area contributed by atoms with Crippen LogP contribution in [0.4, 0.5) is 5.69 Å². The molecule has 1 amide bonds. The van der Waals surface area contributed by atoms with Gasteiger partial charge in [-0.25, -0.2) is 4.99 Å². The predicted molar refractivity (Wildman–Crippen MR) is 106 cm³/mol. The first-order chi connectivity index (χ1) is 12.4. The second-order valence-electron chi connectivity index (χ2n) is 5.83. The van der Waals surface area contributed by atoms with Crippen LogP contribution in [-0.2, 0) is 4.79 Å². The Hall–Kier alpha value is -2.44. The maximum atomic E-state index is 12.2. The van der Waals surface area contributed by atoms with Gasteiger partial charge in [-0.15, -0.1) is 0 Å². The highest BCUT2D eigenvalue weighted by Crippen LogP contribution is 2.37. The molecule has 134 valence electrons. The largest absolute Gasteiger partial charge is 0.503 e. The number of amides is 1. The molecule has 0 aromatic heterocycles. The molecule has 0 saturated carbocycles. The van der Waals surface area contributed by atoms with E-state index < -0.39 is 0 Å². The van der Waals surface area contributed by atoms with Crippen molar-refractivity contribution < 1.29 is 14.6 Å². The van der Waals surface area contributed by atoms with Crippen LogP contribution in [0.3, 0.4) is 0 Å². The number of nitrogens with zero attached hydrogens (tertiary/aromatic N) is 1. The Morgan fingerprint density at radius 1 is 1.27 bits per heavy atom. The fourth-order valence-electron chi connectivity index (χ4n) is 2.41. The molecule has 26 heavy (non-hydrogen) atoms. The number of phenols is 1. The van der Waals surface area contributed by atoms with Crippen LogP contribution >= 0.6 is 23.4 Å². The molecule has 2 aromatic carbocycles. The van der Waals surface area contributed by atoms with Crippen molar-refractivity contribution in [1.82, 2.24) is 5.32 Å². The number of rotatable bonds is 3. The van der Waals surface area contributed by atoms with Gasteiger partial charge in [0.05, 0.1) is 22.7 Å². The van der Waals surface area contributed by atoms with E-state index in [2.05, 4.69) is 10.3 Å². The summed E-state index contributed by atoms with van der Waals surface area (Å²) in [6.07, 6.45) is 1.68. The smallest absolute Gasteiger partial charge is 0.264 e. The van der Waals surface area contributed by atoms with Crippen molar-refractivity contribution >= 4 is 46.2 Å². The first kappa shape index (κ1) is 18.4. The van der Waals surface area contributed by atoms with Crippen molar-refractivity contribution in [2.45, 2.75) is 13.8 Å². The van der Waals surface area contributed by atoms with Gasteiger partial charge in [0.15, 0.2) is 16.7 Å². The van der Waals surface area contributed by atoms with E-state index in [-0.39, 0.29) is 22.4 Å². The quantitative estimate of drug-likeness (QED) is 0.756. The standard InChI is InChI=1S/C19H17ClN2O3S/c1-10-4-5-11(2)14(6-10)21-19-22-18(24)16(26-19)9-12-7-13(20)17(23)15(8-12)25-3/h4-9,23H,1-3H3,(H,21,22,24)/b16-9-. The number of aryl methyl sites for hydroxylation is 2. The molecule has 2 N–H and O–H groups in total. The SMILES string of the molecule is COc1cc(/C=C2\SC(=Nc3cc(C)ccc3C)NC2=O)cc(Cl)c1O. The Bertz CT molecular complexity index is 954. The number of ether oxygens (including phenoxy) is 1. The van der Waals surface area contributed by atoms with E-state index in [1.165, 1.54) is 18.9 Å². The molecule has 0 unspecified atom stereocenters. The van der Waals surface area contributed by atoms with Crippen LogP contribution in [0, 0.1) is 13.8 Å². The third-order valence-electron chi connectivity index (χ3n) is 3.81. The number of methoxy groups -OCH3 is 1. The summed E-state index contributed by atoms with van der Waals surface area (Å²) in [4.78, 5) is 17.3. The Morgan fingerprint density at radius 2 is 2.04 bits per heavy atom. The van der Waals surface area contributed by atoms with Gasteiger partial charge in [-0.05, 0) is 66.6 Å². The minimum Gasteiger partial charge on any atom is -0.503 e. The lowest BCUT2D eigenvalue weighted by molar-refractivity contribution is -0.115. The zero-order chi connectivity index (χ0) is 18.8. The van der Waals surface area contributed by atoms with Crippen molar-refractivity contribution in [3.05, 3.63) is 56.9 Å². The molecule has 1 aliphatic heterocycles. The molecule has 3 rings (SSSR count). The molecule has 1 heterocycles. The molecular weight excluding hydrogens is 372 g/mol. The molecule has 0 aliphatic carbocycles.